The topological polar surface area (TPSA) is 110 Å². The highest BCUT2D eigenvalue weighted by Crippen LogP contribution is 2.26. The number of methoxy groups -OCH3 is 1. The molecule has 1 aromatic heterocycles. The number of thioether (sulfide) groups is 1. The van der Waals surface area contributed by atoms with Crippen LogP contribution in [0.4, 0.5) is 11.4 Å². The number of anilines is 2. The number of nitrogens with one attached hydrogen (secondary N) is 3. The fourth-order valence-electron chi connectivity index (χ4n) is 3.48. The number of amides is 3. The summed E-state index contributed by atoms with van der Waals surface area (Å²) in [5.41, 5.74) is 1.63. The van der Waals surface area contributed by atoms with Crippen LogP contribution in [-0.4, -0.2) is 30.1 Å². The van der Waals surface area contributed by atoms with E-state index in [2.05, 4.69) is 16.0 Å². The van der Waals surface area contributed by atoms with Crippen LogP contribution in [0, 0.1) is 0 Å². The fraction of sp³-hybridized carbons (Fsp3) is 0.100. The van der Waals surface area contributed by atoms with Crippen molar-refractivity contribution < 1.29 is 23.5 Å². The third-order valence-corrected chi connectivity index (χ3v) is 6.60. The first-order chi connectivity index (χ1) is 18.9. The zero-order valence-electron chi connectivity index (χ0n) is 21.3. The number of ether oxygens (including phenoxy) is 1. The van der Waals surface area contributed by atoms with Crippen LogP contribution in [-0.2, 0) is 9.59 Å². The largest absolute Gasteiger partial charge is 0.497 e. The summed E-state index contributed by atoms with van der Waals surface area (Å²) >= 11 is 1.39. The molecule has 4 aromatic rings. The second kappa shape index (κ2) is 13.2. The molecule has 4 rings (SSSR count). The normalized spacial score (nSPS) is 11.8. The van der Waals surface area contributed by atoms with Gasteiger partial charge in [0.15, 0.2) is 0 Å². The van der Waals surface area contributed by atoms with Crippen LogP contribution < -0.4 is 20.7 Å². The molecule has 0 aliphatic heterocycles. The van der Waals surface area contributed by atoms with Crippen molar-refractivity contribution in [1.29, 1.82) is 0 Å². The lowest BCUT2D eigenvalue weighted by molar-refractivity contribution is -0.115. The average molecular weight is 542 g/mol. The molecule has 39 heavy (non-hydrogen) atoms. The lowest BCUT2D eigenvalue weighted by atomic mass is 10.2. The van der Waals surface area contributed by atoms with Gasteiger partial charge in [0.1, 0.15) is 17.2 Å². The maximum Gasteiger partial charge on any atom is 0.272 e. The predicted octanol–water partition coefficient (Wildman–Crippen LogP) is 5.82. The van der Waals surface area contributed by atoms with Crippen molar-refractivity contribution in [1.82, 2.24) is 5.32 Å². The molecular formula is C30H27N3O5S. The maximum atomic E-state index is 13.1. The number of benzene rings is 3. The minimum atomic E-state index is -0.512. The highest BCUT2D eigenvalue weighted by molar-refractivity contribution is 8.00. The molecule has 3 amide bonds. The monoisotopic (exact) mass is 541 g/mol. The van der Waals surface area contributed by atoms with Gasteiger partial charge in [-0.3, -0.25) is 14.4 Å². The van der Waals surface area contributed by atoms with Gasteiger partial charge in [0.05, 0.1) is 18.6 Å². The average Bonchev–Trinajstić information content (AvgIpc) is 3.47. The molecule has 9 heteroatoms. The molecular weight excluding hydrogens is 514 g/mol. The molecule has 0 spiro atoms. The van der Waals surface area contributed by atoms with Crippen LogP contribution in [0.1, 0.15) is 23.0 Å². The number of carbonyl (C=O) groups is 3. The molecule has 198 valence electrons. The Bertz CT molecular complexity index is 1450. The number of carbonyl (C=O) groups excluding carboxylic acids is 3. The molecule has 0 fully saturated rings. The number of furan rings is 1. The first kappa shape index (κ1) is 27.3. The molecule has 8 nitrogen and oxygen atoms in total. The summed E-state index contributed by atoms with van der Waals surface area (Å²) in [4.78, 5) is 39.3. The Hall–Kier alpha value is -4.76. The smallest absolute Gasteiger partial charge is 0.272 e. The van der Waals surface area contributed by atoms with Gasteiger partial charge >= 0.3 is 0 Å². The number of hydrogen-bond acceptors (Lipinski definition) is 6. The van der Waals surface area contributed by atoms with Gasteiger partial charge in [-0.15, -0.1) is 11.8 Å². The first-order valence-corrected chi connectivity index (χ1v) is 12.9. The summed E-state index contributed by atoms with van der Waals surface area (Å²) in [6.07, 6.45) is 2.94. The lowest BCUT2D eigenvalue weighted by Crippen LogP contribution is -2.30. The highest BCUT2D eigenvalue weighted by atomic mass is 32.2. The number of hydrogen-bond donors (Lipinski definition) is 3. The van der Waals surface area contributed by atoms with Crippen molar-refractivity contribution in [2.24, 2.45) is 0 Å². The predicted molar refractivity (Wildman–Crippen MR) is 153 cm³/mol. The summed E-state index contributed by atoms with van der Waals surface area (Å²) in [6, 6.07) is 26.2. The molecule has 3 aromatic carbocycles. The summed E-state index contributed by atoms with van der Waals surface area (Å²) < 4.78 is 10.5. The van der Waals surface area contributed by atoms with Crippen LogP contribution in [0.15, 0.2) is 112 Å². The third-order valence-electron chi connectivity index (χ3n) is 5.49. The van der Waals surface area contributed by atoms with E-state index in [0.717, 1.165) is 4.90 Å². The Morgan fingerprint density at radius 2 is 1.64 bits per heavy atom. The second-order valence-corrected chi connectivity index (χ2v) is 9.77. The zero-order chi connectivity index (χ0) is 27.6. The van der Waals surface area contributed by atoms with Gasteiger partial charge in [0.25, 0.3) is 11.8 Å². The Morgan fingerprint density at radius 3 is 2.33 bits per heavy atom. The van der Waals surface area contributed by atoms with Gasteiger partial charge in [0, 0.05) is 34.0 Å². The first-order valence-electron chi connectivity index (χ1n) is 12.1. The molecule has 0 aliphatic rings. The van der Waals surface area contributed by atoms with Crippen molar-refractivity contribution in [2.45, 2.75) is 17.1 Å². The van der Waals surface area contributed by atoms with Crippen molar-refractivity contribution in [3.63, 3.8) is 0 Å². The van der Waals surface area contributed by atoms with E-state index < -0.39 is 11.8 Å². The SMILES string of the molecule is COc1cccc(NC(=O)C(C)Sc2ccc(NC(=O)/C(=C/c3ccco3)NC(=O)c3ccccc3)cc2)c1. The van der Waals surface area contributed by atoms with E-state index in [9.17, 15) is 14.4 Å². The summed E-state index contributed by atoms with van der Waals surface area (Å²) in [5, 5.41) is 7.98. The van der Waals surface area contributed by atoms with Gasteiger partial charge in [-0.2, -0.15) is 0 Å². The molecule has 1 heterocycles. The van der Waals surface area contributed by atoms with E-state index in [4.69, 9.17) is 9.15 Å². The van der Waals surface area contributed by atoms with E-state index in [-0.39, 0.29) is 16.9 Å². The Labute approximate surface area is 230 Å². The lowest BCUT2D eigenvalue weighted by Gasteiger charge is -2.14. The van der Waals surface area contributed by atoms with Crippen molar-refractivity contribution in [3.05, 3.63) is 114 Å². The third kappa shape index (κ3) is 7.86. The maximum absolute atomic E-state index is 13.1. The molecule has 1 atom stereocenters. The molecule has 0 saturated carbocycles. The molecule has 0 saturated heterocycles. The minimum Gasteiger partial charge on any atom is -0.497 e. The Kier molecular flexibility index (Phi) is 9.20. The van der Waals surface area contributed by atoms with Crippen molar-refractivity contribution in [3.8, 4) is 5.75 Å². The molecule has 0 aliphatic carbocycles. The van der Waals surface area contributed by atoms with Crippen molar-refractivity contribution >= 4 is 46.9 Å². The van der Waals surface area contributed by atoms with Gasteiger partial charge < -0.3 is 25.1 Å². The van der Waals surface area contributed by atoms with Gasteiger partial charge in [-0.25, -0.2) is 0 Å². The minimum absolute atomic E-state index is 0.0279. The highest BCUT2D eigenvalue weighted by Gasteiger charge is 2.17. The molecule has 0 radical (unpaired) electrons. The van der Waals surface area contributed by atoms with Crippen LogP contribution in [0.2, 0.25) is 0 Å². The Morgan fingerprint density at radius 1 is 0.872 bits per heavy atom. The zero-order valence-corrected chi connectivity index (χ0v) is 22.2. The van der Waals surface area contributed by atoms with E-state index in [0.29, 0.717) is 28.4 Å². The fourth-order valence-corrected chi connectivity index (χ4v) is 4.34. The second-order valence-electron chi connectivity index (χ2n) is 8.35. The summed E-state index contributed by atoms with van der Waals surface area (Å²) in [5.74, 6) is 0.000126. The van der Waals surface area contributed by atoms with Gasteiger partial charge in [-0.05, 0) is 67.6 Å². The summed E-state index contributed by atoms with van der Waals surface area (Å²) in [7, 11) is 1.57. The van der Waals surface area contributed by atoms with Crippen LogP contribution in [0.25, 0.3) is 6.08 Å². The van der Waals surface area contributed by atoms with Gasteiger partial charge in [-0.1, -0.05) is 24.3 Å². The molecule has 0 bridgehead atoms. The van der Waals surface area contributed by atoms with Crippen molar-refractivity contribution in [2.75, 3.05) is 17.7 Å². The van der Waals surface area contributed by atoms with E-state index >= 15 is 0 Å². The van der Waals surface area contributed by atoms with E-state index in [1.54, 1.807) is 79.9 Å². The van der Waals surface area contributed by atoms with E-state index in [1.807, 2.05) is 25.1 Å². The summed E-state index contributed by atoms with van der Waals surface area (Å²) in [6.45, 7) is 1.82. The van der Waals surface area contributed by atoms with Crippen LogP contribution in [0.5, 0.6) is 5.75 Å². The van der Waals surface area contributed by atoms with E-state index in [1.165, 1.54) is 24.1 Å². The van der Waals surface area contributed by atoms with Crippen LogP contribution >= 0.6 is 11.8 Å². The van der Waals surface area contributed by atoms with Gasteiger partial charge in [0.2, 0.25) is 5.91 Å². The number of rotatable bonds is 10. The Balaban J connectivity index is 1.38. The van der Waals surface area contributed by atoms with Crippen LogP contribution in [0.3, 0.4) is 0 Å². The quantitative estimate of drug-likeness (QED) is 0.173. The molecule has 1 unspecified atom stereocenters. The standard InChI is InChI=1S/C30H27N3O5S/c1-20(28(34)32-23-10-6-11-24(18-23)37-2)39-26-15-13-22(14-16-26)31-30(36)27(19-25-12-7-17-38-25)33-29(35)21-8-4-3-5-9-21/h3-20H,1-2H3,(H,31,36)(H,32,34)(H,33,35)/b27-19-. The molecule has 3 N–H and O–H groups in total.